The Balaban J connectivity index is 1.73. The van der Waals surface area contributed by atoms with Crippen LogP contribution in [0.15, 0.2) is 58.2 Å². The van der Waals surface area contributed by atoms with E-state index in [-0.39, 0.29) is 12.5 Å². The Morgan fingerprint density at radius 3 is 2.56 bits per heavy atom. The van der Waals surface area contributed by atoms with Gasteiger partial charge >= 0.3 is 5.97 Å². The molecule has 6 nitrogen and oxygen atoms in total. The molecule has 0 bridgehead atoms. The van der Waals surface area contributed by atoms with Gasteiger partial charge in [0.25, 0.3) is 0 Å². The van der Waals surface area contributed by atoms with Crippen LogP contribution in [0.25, 0.3) is 0 Å². The molecule has 7 heteroatoms. The van der Waals surface area contributed by atoms with Crippen LogP contribution in [-0.4, -0.2) is 35.0 Å². The number of oxazole rings is 1. The van der Waals surface area contributed by atoms with Gasteiger partial charge in [0.15, 0.2) is 13.0 Å². The van der Waals surface area contributed by atoms with E-state index in [1.807, 2.05) is 44.2 Å². The van der Waals surface area contributed by atoms with Crippen molar-refractivity contribution in [1.29, 1.82) is 0 Å². The Morgan fingerprint density at radius 2 is 1.94 bits per heavy atom. The maximum Gasteiger partial charge on any atom is 0.341 e. The Morgan fingerprint density at radius 1 is 1.16 bits per heavy atom. The molecule has 32 heavy (non-hydrogen) atoms. The number of rotatable bonds is 12. The molecule has 0 amide bonds. The largest absolute Gasteiger partial charge is 0.494 e. The summed E-state index contributed by atoms with van der Waals surface area (Å²) in [6.45, 7) is 6.37. The molecule has 0 spiro atoms. The predicted molar refractivity (Wildman–Crippen MR) is 125 cm³/mol. The molecule has 1 heterocycles. The first-order valence-corrected chi connectivity index (χ1v) is 11.7. The first-order chi connectivity index (χ1) is 15.5. The number of carboxylic acids is 1. The molecule has 0 fully saturated rings. The normalized spacial score (nSPS) is 11.8. The van der Waals surface area contributed by atoms with Crippen molar-refractivity contribution < 1.29 is 23.8 Å². The molecule has 0 aliphatic heterocycles. The summed E-state index contributed by atoms with van der Waals surface area (Å²) in [6.07, 6.45) is 3.64. The van der Waals surface area contributed by atoms with Crippen molar-refractivity contribution in [3.63, 3.8) is 0 Å². The molecule has 1 unspecified atom stereocenters. The maximum atomic E-state index is 10.7. The summed E-state index contributed by atoms with van der Waals surface area (Å²) in [5.41, 5.74) is 2.98. The second-order valence-corrected chi connectivity index (χ2v) is 8.63. The lowest BCUT2D eigenvalue weighted by Gasteiger charge is -2.17. The van der Waals surface area contributed by atoms with E-state index in [4.69, 9.17) is 19.0 Å². The van der Waals surface area contributed by atoms with E-state index in [1.54, 1.807) is 11.8 Å². The van der Waals surface area contributed by atoms with Crippen LogP contribution in [0.5, 0.6) is 11.5 Å². The fraction of sp³-hybridized carbons (Fsp3) is 0.360. The first-order valence-electron chi connectivity index (χ1n) is 10.7. The molecule has 170 valence electrons. The van der Waals surface area contributed by atoms with Crippen molar-refractivity contribution in [2.24, 2.45) is 0 Å². The minimum Gasteiger partial charge on any atom is -0.494 e. The molecule has 3 rings (SSSR count). The molecular formula is C25H29NO5S. The molecule has 0 radical (unpaired) electrons. The highest BCUT2D eigenvalue weighted by Crippen LogP contribution is 2.34. The number of aliphatic carboxylic acids is 1. The molecule has 1 aromatic heterocycles. The van der Waals surface area contributed by atoms with Crippen LogP contribution >= 0.6 is 11.8 Å². The molecule has 1 N–H and O–H groups in total. The number of carboxylic acid groups (broad SMARTS) is 1. The Bertz CT molecular complexity index is 1020. The van der Waals surface area contributed by atoms with Gasteiger partial charge in [0, 0.05) is 16.6 Å². The Hall–Kier alpha value is -2.93. The van der Waals surface area contributed by atoms with Gasteiger partial charge in [0.1, 0.15) is 17.3 Å². The number of thioether (sulfide) groups is 1. The van der Waals surface area contributed by atoms with E-state index in [0.29, 0.717) is 5.75 Å². The zero-order valence-electron chi connectivity index (χ0n) is 18.7. The number of ether oxygens (including phenoxy) is 2. The van der Waals surface area contributed by atoms with E-state index in [0.717, 1.165) is 58.4 Å². The van der Waals surface area contributed by atoms with Crippen molar-refractivity contribution in [3.05, 3.63) is 71.4 Å². The fourth-order valence-corrected chi connectivity index (χ4v) is 4.44. The second-order valence-electron chi connectivity index (χ2n) is 7.54. The summed E-state index contributed by atoms with van der Waals surface area (Å²) in [4.78, 5) is 16.3. The van der Waals surface area contributed by atoms with Gasteiger partial charge < -0.3 is 19.0 Å². The number of nitrogens with zero attached hydrogens (tertiary/aromatic N) is 1. The van der Waals surface area contributed by atoms with Gasteiger partial charge in [-0.3, -0.25) is 0 Å². The van der Waals surface area contributed by atoms with Gasteiger partial charge in [-0.05, 0) is 61.7 Å². The summed E-state index contributed by atoms with van der Waals surface area (Å²) in [5, 5.41) is 8.81. The van der Waals surface area contributed by atoms with Crippen molar-refractivity contribution in [1.82, 2.24) is 4.98 Å². The lowest BCUT2D eigenvalue weighted by atomic mass is 9.96. The zero-order valence-corrected chi connectivity index (χ0v) is 19.5. The Kier molecular flexibility index (Phi) is 8.62. The topological polar surface area (TPSA) is 81.8 Å². The van der Waals surface area contributed by atoms with Crippen molar-refractivity contribution in [3.8, 4) is 11.5 Å². The number of hydrogen-bond donors (Lipinski definition) is 1. The van der Waals surface area contributed by atoms with Gasteiger partial charge in [0.2, 0.25) is 0 Å². The third-order valence-electron chi connectivity index (χ3n) is 5.08. The van der Waals surface area contributed by atoms with Crippen LogP contribution in [0.1, 0.15) is 48.3 Å². The highest BCUT2D eigenvalue weighted by Gasteiger charge is 2.21. The summed E-state index contributed by atoms with van der Waals surface area (Å²) >= 11 is 1.71. The predicted octanol–water partition coefficient (Wildman–Crippen LogP) is 5.86. The Labute approximate surface area is 193 Å². The molecule has 0 saturated heterocycles. The number of aromatic nitrogens is 1. The lowest BCUT2D eigenvalue weighted by molar-refractivity contribution is -0.139. The monoisotopic (exact) mass is 455 g/mol. The van der Waals surface area contributed by atoms with Crippen molar-refractivity contribution in [2.45, 2.75) is 44.4 Å². The van der Waals surface area contributed by atoms with Gasteiger partial charge in [-0.25, -0.2) is 9.78 Å². The minimum atomic E-state index is -0.990. The van der Waals surface area contributed by atoms with E-state index in [2.05, 4.69) is 24.0 Å². The summed E-state index contributed by atoms with van der Waals surface area (Å²) in [6, 6.07) is 14.0. The van der Waals surface area contributed by atoms with Gasteiger partial charge in [-0.1, -0.05) is 25.5 Å². The van der Waals surface area contributed by atoms with Gasteiger partial charge in [-0.15, -0.1) is 11.8 Å². The van der Waals surface area contributed by atoms with Crippen LogP contribution < -0.4 is 9.47 Å². The molecule has 1 atom stereocenters. The number of unbranched alkanes of at least 4 members (excludes halogenated alkanes) is 1. The van der Waals surface area contributed by atoms with E-state index < -0.39 is 5.97 Å². The molecule has 0 aliphatic carbocycles. The van der Waals surface area contributed by atoms with Gasteiger partial charge in [-0.2, -0.15) is 0 Å². The average molecular weight is 456 g/mol. The SMILES string of the molecule is CCCCOc1ccc(C(CSc2ccc(OCC(=O)O)c(C)c2)c2ncoc2C)cc1. The van der Waals surface area contributed by atoms with Crippen LogP contribution in [0, 0.1) is 13.8 Å². The number of hydrogen-bond acceptors (Lipinski definition) is 6. The fourth-order valence-electron chi connectivity index (χ4n) is 3.31. The quantitative estimate of drug-likeness (QED) is 0.271. The van der Waals surface area contributed by atoms with E-state index >= 15 is 0 Å². The van der Waals surface area contributed by atoms with Crippen LogP contribution in [-0.2, 0) is 4.79 Å². The average Bonchev–Trinajstić information content (AvgIpc) is 3.20. The molecule has 0 aliphatic rings. The smallest absolute Gasteiger partial charge is 0.341 e. The lowest BCUT2D eigenvalue weighted by Crippen LogP contribution is -2.10. The third kappa shape index (κ3) is 6.53. The minimum absolute atomic E-state index is 0.0617. The summed E-state index contributed by atoms with van der Waals surface area (Å²) < 4.78 is 16.6. The second kappa shape index (κ2) is 11.6. The molecule has 0 saturated carbocycles. The zero-order chi connectivity index (χ0) is 22.9. The summed E-state index contributed by atoms with van der Waals surface area (Å²) in [5.74, 6) is 2.12. The van der Waals surface area contributed by atoms with Crippen molar-refractivity contribution >= 4 is 17.7 Å². The van der Waals surface area contributed by atoms with Crippen molar-refractivity contribution in [2.75, 3.05) is 19.0 Å². The first kappa shape index (κ1) is 23.7. The molecule has 2 aromatic carbocycles. The maximum absolute atomic E-state index is 10.7. The standard InChI is InChI=1S/C25H29NO5S/c1-4-5-12-29-20-8-6-19(7-9-20)22(25-18(3)31-16-26-25)15-32-21-10-11-23(17(2)13-21)30-14-24(27)28/h6-11,13,16,22H,4-5,12,14-15H2,1-3H3,(H,27,28). The molecule has 3 aromatic rings. The highest BCUT2D eigenvalue weighted by atomic mass is 32.2. The number of benzene rings is 2. The van der Waals surface area contributed by atoms with Crippen LogP contribution in [0.2, 0.25) is 0 Å². The highest BCUT2D eigenvalue weighted by molar-refractivity contribution is 7.99. The third-order valence-corrected chi connectivity index (χ3v) is 6.16. The summed E-state index contributed by atoms with van der Waals surface area (Å²) in [7, 11) is 0. The van der Waals surface area contributed by atoms with Crippen LogP contribution in [0.4, 0.5) is 0 Å². The number of aryl methyl sites for hydroxylation is 2. The van der Waals surface area contributed by atoms with Crippen LogP contribution in [0.3, 0.4) is 0 Å². The van der Waals surface area contributed by atoms with E-state index in [9.17, 15) is 4.79 Å². The molecular weight excluding hydrogens is 426 g/mol. The van der Waals surface area contributed by atoms with Gasteiger partial charge in [0.05, 0.1) is 12.3 Å². The number of carbonyl (C=O) groups is 1. The van der Waals surface area contributed by atoms with E-state index in [1.165, 1.54) is 6.39 Å².